The third kappa shape index (κ3) is 5.92. The molecule has 5 nitrogen and oxygen atoms in total. The molecular formula is C21H26N2O3. The van der Waals surface area contributed by atoms with Gasteiger partial charge in [0, 0.05) is 31.8 Å². The fourth-order valence-corrected chi connectivity index (χ4v) is 2.36. The average Bonchev–Trinajstić information content (AvgIpc) is 2.65. The smallest absolute Gasteiger partial charge is 0.255 e. The van der Waals surface area contributed by atoms with Gasteiger partial charge in [-0.25, -0.2) is 0 Å². The second-order valence-electron chi connectivity index (χ2n) is 6.31. The number of amides is 2. The number of hydrogen-bond acceptors (Lipinski definition) is 3. The van der Waals surface area contributed by atoms with Crippen LogP contribution in [0.5, 0.6) is 5.75 Å². The summed E-state index contributed by atoms with van der Waals surface area (Å²) in [7, 11) is 3.51. The third-order valence-electron chi connectivity index (χ3n) is 3.93. The number of nitrogens with one attached hydrogen (secondary N) is 1. The van der Waals surface area contributed by atoms with Crippen molar-refractivity contribution in [2.45, 2.75) is 26.2 Å². The van der Waals surface area contributed by atoms with E-state index in [1.165, 1.54) is 0 Å². The lowest BCUT2D eigenvalue weighted by atomic mass is 10.1. The van der Waals surface area contributed by atoms with Crippen LogP contribution < -0.4 is 10.1 Å². The molecule has 1 N–H and O–H groups in total. The van der Waals surface area contributed by atoms with Crippen molar-refractivity contribution in [1.82, 2.24) is 4.90 Å². The summed E-state index contributed by atoms with van der Waals surface area (Å²) in [6.07, 6.45) is 2.11. The predicted octanol–water partition coefficient (Wildman–Crippen LogP) is 3.75. The molecule has 0 fully saturated rings. The molecule has 0 radical (unpaired) electrons. The Balaban J connectivity index is 1.89. The van der Waals surface area contributed by atoms with Gasteiger partial charge in [0.2, 0.25) is 5.91 Å². The van der Waals surface area contributed by atoms with Crippen LogP contribution in [0.3, 0.4) is 0 Å². The molecule has 2 amide bonds. The van der Waals surface area contributed by atoms with Crippen LogP contribution in [0, 0.1) is 0 Å². The Labute approximate surface area is 155 Å². The van der Waals surface area contributed by atoms with E-state index in [1.54, 1.807) is 43.3 Å². The van der Waals surface area contributed by atoms with Gasteiger partial charge < -0.3 is 15.0 Å². The number of anilines is 1. The maximum absolute atomic E-state index is 12.3. The summed E-state index contributed by atoms with van der Waals surface area (Å²) in [6.45, 7) is 2.71. The highest BCUT2D eigenvalue weighted by Gasteiger charge is 2.07. The van der Waals surface area contributed by atoms with Crippen molar-refractivity contribution in [2.24, 2.45) is 0 Å². The summed E-state index contributed by atoms with van der Waals surface area (Å²) < 4.78 is 5.52. The molecule has 0 aromatic heterocycles. The lowest BCUT2D eigenvalue weighted by molar-refractivity contribution is -0.128. The summed E-state index contributed by atoms with van der Waals surface area (Å²) in [5.41, 5.74) is 2.37. The minimum atomic E-state index is -0.164. The zero-order chi connectivity index (χ0) is 18.9. The van der Waals surface area contributed by atoms with E-state index >= 15 is 0 Å². The van der Waals surface area contributed by atoms with Crippen molar-refractivity contribution in [2.75, 3.05) is 26.0 Å². The number of rotatable bonds is 8. The molecule has 138 valence electrons. The van der Waals surface area contributed by atoms with E-state index in [0.717, 1.165) is 23.4 Å². The second kappa shape index (κ2) is 9.61. The summed E-state index contributed by atoms with van der Waals surface area (Å²) >= 11 is 0. The average molecular weight is 354 g/mol. The van der Waals surface area contributed by atoms with E-state index in [-0.39, 0.29) is 11.8 Å². The van der Waals surface area contributed by atoms with Gasteiger partial charge in [-0.05, 0) is 54.8 Å². The fourth-order valence-electron chi connectivity index (χ4n) is 2.36. The van der Waals surface area contributed by atoms with Crippen LogP contribution in [-0.4, -0.2) is 37.4 Å². The SMILES string of the molecule is CCCOc1ccc(C(=O)Nc2ccc(CCC(=O)N(C)C)cc2)cc1. The first-order valence-electron chi connectivity index (χ1n) is 8.83. The number of carbonyl (C=O) groups excluding carboxylic acids is 2. The van der Waals surface area contributed by atoms with Gasteiger partial charge in [0.1, 0.15) is 5.75 Å². The highest BCUT2D eigenvalue weighted by atomic mass is 16.5. The third-order valence-corrected chi connectivity index (χ3v) is 3.93. The van der Waals surface area contributed by atoms with E-state index in [2.05, 4.69) is 5.32 Å². The number of aryl methyl sites for hydroxylation is 1. The molecule has 0 aliphatic carbocycles. The van der Waals surface area contributed by atoms with Crippen molar-refractivity contribution in [3.05, 3.63) is 59.7 Å². The van der Waals surface area contributed by atoms with Crippen LogP contribution in [0.15, 0.2) is 48.5 Å². The molecule has 0 unspecified atom stereocenters. The zero-order valence-electron chi connectivity index (χ0n) is 15.6. The van der Waals surface area contributed by atoms with Gasteiger partial charge >= 0.3 is 0 Å². The van der Waals surface area contributed by atoms with Gasteiger partial charge in [0.05, 0.1) is 6.61 Å². The van der Waals surface area contributed by atoms with Crippen molar-refractivity contribution >= 4 is 17.5 Å². The first-order chi connectivity index (χ1) is 12.5. The summed E-state index contributed by atoms with van der Waals surface area (Å²) in [6, 6.07) is 14.7. The molecule has 0 aliphatic heterocycles. The lowest BCUT2D eigenvalue weighted by Gasteiger charge is -2.10. The minimum absolute atomic E-state index is 0.105. The molecule has 5 heteroatoms. The quantitative estimate of drug-likeness (QED) is 0.785. The van der Waals surface area contributed by atoms with Crippen molar-refractivity contribution in [3.8, 4) is 5.75 Å². The maximum Gasteiger partial charge on any atom is 0.255 e. The highest BCUT2D eigenvalue weighted by molar-refractivity contribution is 6.04. The Bertz CT molecular complexity index is 722. The van der Waals surface area contributed by atoms with Crippen LogP contribution >= 0.6 is 0 Å². The Kier molecular flexibility index (Phi) is 7.21. The van der Waals surface area contributed by atoms with Crippen molar-refractivity contribution in [3.63, 3.8) is 0 Å². The minimum Gasteiger partial charge on any atom is -0.494 e. The lowest BCUT2D eigenvalue weighted by Crippen LogP contribution is -2.21. The van der Waals surface area contributed by atoms with E-state index in [9.17, 15) is 9.59 Å². The van der Waals surface area contributed by atoms with Gasteiger partial charge in [-0.3, -0.25) is 9.59 Å². The number of benzene rings is 2. The first-order valence-corrected chi connectivity index (χ1v) is 8.83. The molecule has 26 heavy (non-hydrogen) atoms. The van der Waals surface area contributed by atoms with Gasteiger partial charge in [-0.1, -0.05) is 19.1 Å². The Morgan fingerprint density at radius 1 is 1.00 bits per heavy atom. The highest BCUT2D eigenvalue weighted by Crippen LogP contribution is 2.16. The molecule has 0 saturated carbocycles. The van der Waals surface area contributed by atoms with E-state index in [1.807, 2.05) is 31.2 Å². The predicted molar refractivity (Wildman–Crippen MR) is 104 cm³/mol. The van der Waals surface area contributed by atoms with E-state index in [4.69, 9.17) is 4.74 Å². The van der Waals surface area contributed by atoms with Gasteiger partial charge in [0.15, 0.2) is 0 Å². The molecular weight excluding hydrogens is 328 g/mol. The summed E-state index contributed by atoms with van der Waals surface area (Å²) in [5, 5.41) is 2.88. The monoisotopic (exact) mass is 354 g/mol. The molecule has 0 heterocycles. The van der Waals surface area contributed by atoms with Gasteiger partial charge in [-0.15, -0.1) is 0 Å². The molecule has 0 spiro atoms. The normalized spacial score (nSPS) is 10.3. The number of hydrogen-bond donors (Lipinski definition) is 1. The Morgan fingerprint density at radius 2 is 1.65 bits per heavy atom. The Hall–Kier alpha value is -2.82. The molecule has 0 atom stereocenters. The van der Waals surface area contributed by atoms with Crippen LogP contribution in [0.1, 0.15) is 35.7 Å². The van der Waals surface area contributed by atoms with Gasteiger partial charge in [0.25, 0.3) is 5.91 Å². The first kappa shape index (κ1) is 19.5. The molecule has 2 aromatic carbocycles. The molecule has 0 saturated heterocycles. The standard InChI is InChI=1S/C21H26N2O3/c1-4-15-26-19-12-8-17(9-13-19)21(25)22-18-10-5-16(6-11-18)7-14-20(24)23(2)3/h5-6,8-13H,4,7,14-15H2,1-3H3,(H,22,25). The van der Waals surface area contributed by atoms with Crippen molar-refractivity contribution < 1.29 is 14.3 Å². The van der Waals surface area contributed by atoms with Gasteiger partial charge in [-0.2, -0.15) is 0 Å². The molecule has 2 aromatic rings. The topological polar surface area (TPSA) is 58.6 Å². The molecule has 0 bridgehead atoms. The van der Waals surface area contributed by atoms with E-state index < -0.39 is 0 Å². The van der Waals surface area contributed by atoms with E-state index in [0.29, 0.717) is 25.0 Å². The fraction of sp³-hybridized carbons (Fsp3) is 0.333. The molecule has 2 rings (SSSR count). The molecule has 0 aliphatic rings. The number of ether oxygens (including phenoxy) is 1. The maximum atomic E-state index is 12.3. The zero-order valence-corrected chi connectivity index (χ0v) is 15.6. The number of nitrogens with zero attached hydrogens (tertiary/aromatic N) is 1. The Morgan fingerprint density at radius 3 is 2.23 bits per heavy atom. The second-order valence-corrected chi connectivity index (χ2v) is 6.31. The van der Waals surface area contributed by atoms with Crippen LogP contribution in [0.2, 0.25) is 0 Å². The van der Waals surface area contributed by atoms with Crippen LogP contribution in [0.25, 0.3) is 0 Å². The summed E-state index contributed by atoms with van der Waals surface area (Å²) in [5.74, 6) is 0.705. The van der Waals surface area contributed by atoms with Crippen molar-refractivity contribution in [1.29, 1.82) is 0 Å². The largest absolute Gasteiger partial charge is 0.494 e. The summed E-state index contributed by atoms with van der Waals surface area (Å²) in [4.78, 5) is 25.5. The van der Waals surface area contributed by atoms with Crippen LogP contribution in [0.4, 0.5) is 5.69 Å². The van der Waals surface area contributed by atoms with Crippen LogP contribution in [-0.2, 0) is 11.2 Å². The number of carbonyl (C=O) groups is 2.